The van der Waals surface area contributed by atoms with E-state index in [9.17, 15) is 15.2 Å². The van der Waals surface area contributed by atoms with Gasteiger partial charge >= 0.3 is 0 Å². The average molecular weight is 469 g/mol. The van der Waals surface area contributed by atoms with Crippen LogP contribution >= 0.6 is 23.2 Å². The summed E-state index contributed by atoms with van der Waals surface area (Å²) in [5.41, 5.74) is 1.65. The molecular formula is C24H18Cl2N2O4. The Morgan fingerprint density at radius 2 is 1.91 bits per heavy atom. The maximum atomic E-state index is 12.5. The summed E-state index contributed by atoms with van der Waals surface area (Å²) in [6, 6.07) is 18.2. The van der Waals surface area contributed by atoms with E-state index < -0.39 is 5.91 Å². The van der Waals surface area contributed by atoms with Crippen LogP contribution in [0.5, 0.6) is 17.2 Å². The Labute approximate surface area is 195 Å². The third kappa shape index (κ3) is 5.94. The molecule has 8 heteroatoms. The van der Waals surface area contributed by atoms with Crippen LogP contribution < -0.4 is 14.8 Å². The number of anilines is 1. The number of carbonyl (C=O) groups is 1. The number of halogens is 2. The van der Waals surface area contributed by atoms with E-state index in [1.54, 1.807) is 24.3 Å². The number of aromatic hydroxyl groups is 1. The van der Waals surface area contributed by atoms with E-state index >= 15 is 0 Å². The molecule has 0 radical (unpaired) electrons. The molecular weight excluding hydrogens is 451 g/mol. The van der Waals surface area contributed by atoms with Crippen molar-refractivity contribution in [2.75, 3.05) is 12.4 Å². The Kier molecular flexibility index (Phi) is 7.61. The Morgan fingerprint density at radius 3 is 2.56 bits per heavy atom. The summed E-state index contributed by atoms with van der Waals surface area (Å²) in [4.78, 5) is 12.5. The molecule has 0 aromatic heterocycles. The number of rotatable bonds is 7. The van der Waals surface area contributed by atoms with Crippen LogP contribution in [0.15, 0.2) is 66.2 Å². The number of ether oxygens (including phenoxy) is 2. The van der Waals surface area contributed by atoms with Crippen molar-refractivity contribution >= 4 is 40.9 Å². The fraction of sp³-hybridized carbons (Fsp3) is 0.0833. The topological polar surface area (TPSA) is 91.6 Å². The molecule has 0 aliphatic rings. The highest BCUT2D eigenvalue weighted by Crippen LogP contribution is 2.37. The molecule has 0 saturated heterocycles. The summed E-state index contributed by atoms with van der Waals surface area (Å²) < 4.78 is 11.2. The van der Waals surface area contributed by atoms with Crippen LogP contribution in [0.1, 0.15) is 11.1 Å². The lowest BCUT2D eigenvalue weighted by atomic mass is 10.1. The van der Waals surface area contributed by atoms with Crippen LogP contribution in [0.4, 0.5) is 5.69 Å². The maximum Gasteiger partial charge on any atom is 0.266 e. The van der Waals surface area contributed by atoms with E-state index in [2.05, 4.69) is 5.32 Å². The van der Waals surface area contributed by atoms with Crippen LogP contribution in [-0.4, -0.2) is 18.1 Å². The molecule has 3 aromatic rings. The minimum Gasteiger partial charge on any atom is -0.508 e. The number of phenolic OH excluding ortho intramolecular Hbond substituents is 1. The summed E-state index contributed by atoms with van der Waals surface area (Å²) in [5, 5.41) is 22.2. The van der Waals surface area contributed by atoms with E-state index in [4.69, 9.17) is 32.7 Å². The molecule has 0 aliphatic carbocycles. The molecule has 0 unspecified atom stereocenters. The molecule has 3 rings (SSSR count). The second-order valence-electron chi connectivity index (χ2n) is 6.62. The molecule has 3 aromatic carbocycles. The summed E-state index contributed by atoms with van der Waals surface area (Å²) in [6.07, 6.45) is 1.39. The lowest BCUT2D eigenvalue weighted by molar-refractivity contribution is -0.112. The zero-order valence-electron chi connectivity index (χ0n) is 16.9. The molecule has 6 nitrogen and oxygen atoms in total. The highest BCUT2D eigenvalue weighted by molar-refractivity contribution is 6.32. The van der Waals surface area contributed by atoms with Gasteiger partial charge in [-0.05, 0) is 65.7 Å². The van der Waals surface area contributed by atoms with Crippen molar-refractivity contribution in [3.8, 4) is 23.3 Å². The second kappa shape index (κ2) is 10.6. The van der Waals surface area contributed by atoms with Gasteiger partial charge in [0.2, 0.25) is 0 Å². The van der Waals surface area contributed by atoms with Gasteiger partial charge in [0.15, 0.2) is 11.5 Å². The number of benzene rings is 3. The molecule has 0 fully saturated rings. The van der Waals surface area contributed by atoms with Gasteiger partial charge < -0.3 is 19.9 Å². The van der Waals surface area contributed by atoms with E-state index in [-0.39, 0.29) is 23.0 Å². The predicted molar refractivity (Wildman–Crippen MR) is 124 cm³/mol. The minimum atomic E-state index is -0.602. The number of amides is 1. The lowest BCUT2D eigenvalue weighted by Crippen LogP contribution is -2.13. The van der Waals surface area contributed by atoms with E-state index in [1.165, 1.54) is 37.5 Å². The third-order valence-corrected chi connectivity index (χ3v) is 4.84. The molecule has 2 N–H and O–H groups in total. The molecule has 0 bridgehead atoms. The van der Waals surface area contributed by atoms with Gasteiger partial charge in [-0.25, -0.2) is 0 Å². The Hall–Kier alpha value is -3.66. The van der Waals surface area contributed by atoms with Crippen molar-refractivity contribution in [3.63, 3.8) is 0 Å². The van der Waals surface area contributed by atoms with Crippen molar-refractivity contribution in [1.82, 2.24) is 0 Å². The molecule has 32 heavy (non-hydrogen) atoms. The standard InChI is InChI=1S/C24H18Cl2N2O4/c1-31-22-12-16(9-17(13-27)24(30)28-19-5-7-20(29)8-6-19)11-21(26)23(22)32-14-15-3-2-4-18(25)10-15/h2-12,29H,14H2,1H3,(H,28,30)/b17-9+. The molecule has 162 valence electrons. The summed E-state index contributed by atoms with van der Waals surface area (Å²) in [5.74, 6) is 0.147. The van der Waals surface area contributed by atoms with Gasteiger partial charge in [0.1, 0.15) is 24.0 Å². The Balaban J connectivity index is 1.81. The van der Waals surface area contributed by atoms with Gasteiger partial charge in [0.05, 0.1) is 12.1 Å². The number of hydrogen-bond acceptors (Lipinski definition) is 5. The number of methoxy groups -OCH3 is 1. The van der Waals surface area contributed by atoms with Crippen molar-refractivity contribution < 1.29 is 19.4 Å². The predicted octanol–water partition coefficient (Wildman–Crippen LogP) is 5.83. The molecule has 1 amide bonds. The van der Waals surface area contributed by atoms with E-state index in [0.29, 0.717) is 27.8 Å². The molecule has 0 saturated carbocycles. The first-order valence-electron chi connectivity index (χ1n) is 9.36. The largest absolute Gasteiger partial charge is 0.508 e. The normalized spacial score (nSPS) is 10.9. The summed E-state index contributed by atoms with van der Waals surface area (Å²) >= 11 is 12.4. The fourth-order valence-electron chi connectivity index (χ4n) is 2.80. The number of nitrogens with one attached hydrogen (secondary N) is 1. The first kappa shape index (κ1) is 23.0. The van der Waals surface area contributed by atoms with Crippen LogP contribution in [0.3, 0.4) is 0 Å². The zero-order chi connectivity index (χ0) is 23.1. The van der Waals surface area contributed by atoms with Crippen molar-refractivity contribution in [3.05, 3.63) is 87.4 Å². The second-order valence-corrected chi connectivity index (χ2v) is 7.47. The van der Waals surface area contributed by atoms with Crippen LogP contribution in [0.2, 0.25) is 10.0 Å². The summed E-state index contributed by atoms with van der Waals surface area (Å²) in [7, 11) is 1.47. The third-order valence-electron chi connectivity index (χ3n) is 4.33. The van der Waals surface area contributed by atoms with Gasteiger partial charge in [-0.3, -0.25) is 4.79 Å². The maximum absolute atomic E-state index is 12.5. The van der Waals surface area contributed by atoms with Crippen LogP contribution in [0.25, 0.3) is 6.08 Å². The SMILES string of the molecule is COc1cc(/C=C(\C#N)C(=O)Nc2ccc(O)cc2)cc(Cl)c1OCc1cccc(Cl)c1. The van der Waals surface area contributed by atoms with Crippen molar-refractivity contribution in [1.29, 1.82) is 5.26 Å². The first-order chi connectivity index (χ1) is 15.4. The number of phenols is 1. The zero-order valence-corrected chi connectivity index (χ0v) is 18.4. The van der Waals surface area contributed by atoms with Gasteiger partial charge in [0, 0.05) is 10.7 Å². The summed E-state index contributed by atoms with van der Waals surface area (Å²) in [6.45, 7) is 0.226. The number of nitriles is 1. The van der Waals surface area contributed by atoms with Gasteiger partial charge in [-0.15, -0.1) is 0 Å². The average Bonchev–Trinajstić information content (AvgIpc) is 2.77. The van der Waals surface area contributed by atoms with E-state index in [0.717, 1.165) is 5.56 Å². The van der Waals surface area contributed by atoms with Crippen molar-refractivity contribution in [2.24, 2.45) is 0 Å². The Morgan fingerprint density at radius 1 is 1.16 bits per heavy atom. The number of nitrogens with zero attached hydrogens (tertiary/aromatic N) is 1. The van der Waals surface area contributed by atoms with Crippen LogP contribution in [-0.2, 0) is 11.4 Å². The smallest absolute Gasteiger partial charge is 0.266 e. The quantitative estimate of drug-likeness (QED) is 0.258. The highest BCUT2D eigenvalue weighted by atomic mass is 35.5. The highest BCUT2D eigenvalue weighted by Gasteiger charge is 2.15. The van der Waals surface area contributed by atoms with Crippen LogP contribution in [0, 0.1) is 11.3 Å². The lowest BCUT2D eigenvalue weighted by Gasteiger charge is -2.14. The molecule has 0 spiro atoms. The molecule has 0 atom stereocenters. The molecule has 0 aliphatic heterocycles. The van der Waals surface area contributed by atoms with E-state index in [1.807, 2.05) is 18.2 Å². The van der Waals surface area contributed by atoms with Gasteiger partial charge in [-0.2, -0.15) is 5.26 Å². The van der Waals surface area contributed by atoms with Gasteiger partial charge in [-0.1, -0.05) is 35.3 Å². The van der Waals surface area contributed by atoms with Crippen molar-refractivity contribution in [2.45, 2.75) is 6.61 Å². The van der Waals surface area contributed by atoms with Gasteiger partial charge in [0.25, 0.3) is 5.91 Å². The first-order valence-corrected chi connectivity index (χ1v) is 10.1. The fourth-order valence-corrected chi connectivity index (χ4v) is 3.29. The number of hydrogen-bond donors (Lipinski definition) is 2. The monoisotopic (exact) mass is 468 g/mol. The minimum absolute atomic E-state index is 0.0680. The molecule has 0 heterocycles. The number of carbonyl (C=O) groups excluding carboxylic acids is 1. The Bertz CT molecular complexity index is 1200.